The molecule has 1 fully saturated rings. The molecular formula is C20H31NO2. The zero-order chi connectivity index (χ0) is 16.7. The first-order valence-electron chi connectivity index (χ1n) is 8.99. The monoisotopic (exact) mass is 317 g/mol. The number of nitrogens with one attached hydrogen (secondary N) is 1. The maximum atomic E-state index is 12.1. The molecule has 0 radical (unpaired) electrons. The van der Waals surface area contributed by atoms with Gasteiger partial charge in [-0.15, -0.1) is 0 Å². The predicted octanol–water partition coefficient (Wildman–Crippen LogP) is 3.97. The van der Waals surface area contributed by atoms with Crippen LogP contribution in [0.3, 0.4) is 0 Å². The Morgan fingerprint density at radius 2 is 1.87 bits per heavy atom. The van der Waals surface area contributed by atoms with Gasteiger partial charge in [0.15, 0.2) is 0 Å². The van der Waals surface area contributed by atoms with Gasteiger partial charge in [-0.2, -0.15) is 0 Å². The van der Waals surface area contributed by atoms with Crippen molar-refractivity contribution in [3.63, 3.8) is 0 Å². The van der Waals surface area contributed by atoms with E-state index < -0.39 is 0 Å². The molecule has 2 atom stereocenters. The molecule has 1 aliphatic carbocycles. The summed E-state index contributed by atoms with van der Waals surface area (Å²) in [6.45, 7) is 4.16. The summed E-state index contributed by atoms with van der Waals surface area (Å²) >= 11 is 0. The minimum Gasteiger partial charge on any atom is -0.468 e. The fourth-order valence-electron chi connectivity index (χ4n) is 3.67. The highest BCUT2D eigenvalue weighted by Gasteiger charge is 2.31. The molecule has 1 N–H and O–H groups in total. The molecule has 0 spiro atoms. The second-order valence-electron chi connectivity index (χ2n) is 7.09. The fourth-order valence-corrected chi connectivity index (χ4v) is 3.67. The third kappa shape index (κ3) is 5.35. The smallest absolute Gasteiger partial charge is 0.323 e. The van der Waals surface area contributed by atoms with E-state index in [2.05, 4.69) is 49.5 Å². The number of carbonyl (C=O) groups is 1. The molecule has 0 unspecified atom stereocenters. The van der Waals surface area contributed by atoms with Crippen LogP contribution >= 0.6 is 0 Å². The summed E-state index contributed by atoms with van der Waals surface area (Å²) in [5.41, 5.74) is 1.37. The topological polar surface area (TPSA) is 38.3 Å². The summed E-state index contributed by atoms with van der Waals surface area (Å²) < 4.78 is 5.00. The molecule has 0 bridgehead atoms. The van der Waals surface area contributed by atoms with E-state index in [0.29, 0.717) is 12.0 Å². The molecule has 128 valence electrons. The maximum absolute atomic E-state index is 12.1. The van der Waals surface area contributed by atoms with E-state index in [9.17, 15) is 4.79 Å². The van der Waals surface area contributed by atoms with Crippen LogP contribution in [0.15, 0.2) is 30.3 Å². The summed E-state index contributed by atoms with van der Waals surface area (Å²) in [5, 5.41) is 3.64. The van der Waals surface area contributed by atoms with Crippen LogP contribution in [0.1, 0.15) is 51.5 Å². The molecule has 1 aromatic carbocycles. The third-order valence-corrected chi connectivity index (χ3v) is 5.07. The van der Waals surface area contributed by atoms with Gasteiger partial charge in [-0.25, -0.2) is 0 Å². The van der Waals surface area contributed by atoms with Crippen LogP contribution in [-0.4, -0.2) is 25.2 Å². The number of esters is 1. The van der Waals surface area contributed by atoms with Crippen molar-refractivity contribution in [3.8, 4) is 0 Å². The molecule has 1 aliphatic rings. The maximum Gasteiger partial charge on any atom is 0.323 e. The zero-order valence-electron chi connectivity index (χ0n) is 14.8. The molecular weight excluding hydrogens is 286 g/mol. The van der Waals surface area contributed by atoms with E-state index in [4.69, 9.17) is 4.74 Å². The standard InChI is InChI=1S/C20H31NO2/c1-15(2)19(20(22)23-3)21-18(17-11-7-8-12-17)14-13-16-9-5-4-6-10-16/h4-6,9-10,15,17-19,21H,7-8,11-14H2,1-3H3/t18-,19-/m0/s1. The lowest BCUT2D eigenvalue weighted by Crippen LogP contribution is -2.49. The third-order valence-electron chi connectivity index (χ3n) is 5.07. The molecule has 1 saturated carbocycles. The van der Waals surface area contributed by atoms with Crippen LogP contribution in [0.25, 0.3) is 0 Å². The fraction of sp³-hybridized carbons (Fsp3) is 0.650. The Morgan fingerprint density at radius 1 is 1.22 bits per heavy atom. The Morgan fingerprint density at radius 3 is 2.43 bits per heavy atom. The van der Waals surface area contributed by atoms with E-state index in [1.54, 1.807) is 0 Å². The van der Waals surface area contributed by atoms with Crippen molar-refractivity contribution in [3.05, 3.63) is 35.9 Å². The summed E-state index contributed by atoms with van der Waals surface area (Å²) in [5.74, 6) is 0.787. The van der Waals surface area contributed by atoms with Gasteiger partial charge in [-0.05, 0) is 43.1 Å². The Hall–Kier alpha value is -1.35. The number of hydrogen-bond donors (Lipinski definition) is 1. The lowest BCUT2D eigenvalue weighted by Gasteiger charge is -2.30. The first-order chi connectivity index (χ1) is 11.1. The van der Waals surface area contributed by atoms with Crippen LogP contribution in [0, 0.1) is 11.8 Å². The Labute approximate surface area is 140 Å². The number of rotatable bonds is 8. The second-order valence-corrected chi connectivity index (χ2v) is 7.09. The molecule has 23 heavy (non-hydrogen) atoms. The van der Waals surface area contributed by atoms with Crippen molar-refractivity contribution < 1.29 is 9.53 Å². The minimum absolute atomic E-state index is 0.136. The quantitative estimate of drug-likeness (QED) is 0.737. The molecule has 0 saturated heterocycles. The second kappa shape index (κ2) is 9.07. The highest BCUT2D eigenvalue weighted by atomic mass is 16.5. The van der Waals surface area contributed by atoms with E-state index in [0.717, 1.165) is 12.8 Å². The van der Waals surface area contributed by atoms with Gasteiger partial charge in [0.25, 0.3) is 0 Å². The van der Waals surface area contributed by atoms with E-state index in [1.165, 1.54) is 38.4 Å². The number of ether oxygens (including phenoxy) is 1. The van der Waals surface area contributed by atoms with Crippen LogP contribution in [0.2, 0.25) is 0 Å². The number of methoxy groups -OCH3 is 1. The largest absolute Gasteiger partial charge is 0.468 e. The van der Waals surface area contributed by atoms with Crippen LogP contribution in [0.5, 0.6) is 0 Å². The molecule has 1 aromatic rings. The van der Waals surface area contributed by atoms with Gasteiger partial charge >= 0.3 is 5.97 Å². The normalized spacial score (nSPS) is 18.1. The molecule has 3 nitrogen and oxygen atoms in total. The van der Waals surface area contributed by atoms with E-state index in [1.807, 2.05) is 0 Å². The Balaban J connectivity index is 2.02. The first-order valence-corrected chi connectivity index (χ1v) is 8.99. The first kappa shape index (κ1) is 18.0. The number of hydrogen-bond acceptors (Lipinski definition) is 3. The van der Waals surface area contributed by atoms with Crippen molar-refractivity contribution in [2.75, 3.05) is 7.11 Å². The van der Waals surface area contributed by atoms with Crippen LogP contribution in [0.4, 0.5) is 0 Å². The van der Waals surface area contributed by atoms with Crippen molar-refractivity contribution >= 4 is 5.97 Å². The summed E-state index contributed by atoms with van der Waals surface area (Å²) in [6.07, 6.45) is 7.32. The van der Waals surface area contributed by atoms with Gasteiger partial charge in [0.2, 0.25) is 0 Å². The van der Waals surface area contributed by atoms with Gasteiger partial charge in [0, 0.05) is 6.04 Å². The summed E-state index contributed by atoms with van der Waals surface area (Å²) in [4.78, 5) is 12.1. The van der Waals surface area contributed by atoms with Crippen LogP contribution in [-0.2, 0) is 16.0 Å². The van der Waals surface area contributed by atoms with Crippen molar-refractivity contribution in [2.24, 2.45) is 11.8 Å². The predicted molar refractivity (Wildman–Crippen MR) is 94.3 cm³/mol. The van der Waals surface area contributed by atoms with Gasteiger partial charge in [-0.1, -0.05) is 57.0 Å². The zero-order valence-corrected chi connectivity index (χ0v) is 14.8. The van der Waals surface area contributed by atoms with Crippen molar-refractivity contribution in [1.82, 2.24) is 5.32 Å². The highest BCUT2D eigenvalue weighted by molar-refractivity contribution is 5.76. The SMILES string of the molecule is COC(=O)[C@@H](N[C@@H](CCc1ccccc1)C1CCCC1)C(C)C. The van der Waals surface area contributed by atoms with Crippen molar-refractivity contribution in [2.45, 2.75) is 64.5 Å². The number of carbonyl (C=O) groups excluding carboxylic acids is 1. The molecule has 2 rings (SSSR count). The lowest BCUT2D eigenvalue weighted by atomic mass is 9.90. The average Bonchev–Trinajstić information content (AvgIpc) is 3.09. The molecule has 0 amide bonds. The van der Waals surface area contributed by atoms with Gasteiger partial charge < -0.3 is 10.1 Å². The highest BCUT2D eigenvalue weighted by Crippen LogP contribution is 2.30. The minimum atomic E-state index is -0.207. The van der Waals surface area contributed by atoms with Crippen molar-refractivity contribution in [1.29, 1.82) is 0 Å². The molecule has 0 heterocycles. The molecule has 3 heteroatoms. The number of aryl methyl sites for hydroxylation is 1. The summed E-state index contributed by atoms with van der Waals surface area (Å²) in [7, 11) is 1.48. The van der Waals surface area contributed by atoms with E-state index >= 15 is 0 Å². The lowest BCUT2D eigenvalue weighted by molar-refractivity contribution is -0.144. The van der Waals surface area contributed by atoms with E-state index in [-0.39, 0.29) is 17.9 Å². The van der Waals surface area contributed by atoms with Crippen LogP contribution < -0.4 is 5.32 Å². The molecule has 0 aromatic heterocycles. The van der Waals surface area contributed by atoms with Gasteiger partial charge in [0.1, 0.15) is 6.04 Å². The Kier molecular flexibility index (Phi) is 7.10. The Bertz CT molecular complexity index is 466. The number of benzene rings is 1. The van der Waals surface area contributed by atoms with Gasteiger partial charge in [0.05, 0.1) is 7.11 Å². The molecule has 0 aliphatic heterocycles. The average molecular weight is 317 g/mol. The van der Waals surface area contributed by atoms with Gasteiger partial charge in [-0.3, -0.25) is 4.79 Å². The summed E-state index contributed by atoms with van der Waals surface area (Å²) in [6, 6.07) is 10.8.